The van der Waals surface area contributed by atoms with E-state index in [0.29, 0.717) is 36.5 Å². The number of amides is 1. The van der Waals surface area contributed by atoms with Gasteiger partial charge in [0.2, 0.25) is 5.82 Å². The lowest BCUT2D eigenvalue weighted by atomic mass is 10.0. The molecule has 1 aliphatic rings. The molecule has 0 saturated carbocycles. The summed E-state index contributed by atoms with van der Waals surface area (Å²) in [6.45, 7) is 0.451. The van der Waals surface area contributed by atoms with Crippen LogP contribution in [0.15, 0.2) is 47.5 Å². The number of carbonyl (C=O) groups is 1. The number of fused-ring (bicyclic) bond motifs is 1. The number of benzene rings is 1. The van der Waals surface area contributed by atoms with Gasteiger partial charge in [-0.25, -0.2) is 4.98 Å². The van der Waals surface area contributed by atoms with Crippen molar-refractivity contribution in [1.82, 2.24) is 19.9 Å². The van der Waals surface area contributed by atoms with E-state index in [9.17, 15) is 24.1 Å². The molecule has 4 rings (SSSR count). The van der Waals surface area contributed by atoms with Gasteiger partial charge in [-0.1, -0.05) is 11.6 Å². The Hall–Kier alpha value is -3.66. The average Bonchev–Trinajstić information content (AvgIpc) is 2.74. The molecule has 1 unspecified atom stereocenters. The molecule has 0 saturated heterocycles. The molecular formula is C20H15ClFN5O4. The molecule has 1 aromatic carbocycles. The number of nitrogens with zero attached hydrogens (tertiary/aromatic N) is 4. The van der Waals surface area contributed by atoms with Crippen LogP contribution < -0.4 is 10.9 Å². The topological polar surface area (TPSA) is 120 Å². The van der Waals surface area contributed by atoms with E-state index in [-0.39, 0.29) is 16.1 Å². The first-order chi connectivity index (χ1) is 14.8. The second-order valence-electron chi connectivity index (χ2n) is 6.93. The predicted molar refractivity (Wildman–Crippen MR) is 109 cm³/mol. The smallest absolute Gasteiger partial charge is 0.305 e. The third-order valence-electron chi connectivity index (χ3n) is 4.98. The lowest BCUT2D eigenvalue weighted by Gasteiger charge is -2.27. The van der Waals surface area contributed by atoms with Crippen molar-refractivity contribution in [3.8, 4) is 11.3 Å². The fraction of sp³-hybridized carbons (Fsp3) is 0.200. The first-order valence-corrected chi connectivity index (χ1v) is 9.69. The molecule has 31 heavy (non-hydrogen) atoms. The molecule has 11 heteroatoms. The summed E-state index contributed by atoms with van der Waals surface area (Å²) in [4.78, 5) is 44.0. The van der Waals surface area contributed by atoms with Crippen molar-refractivity contribution in [3.05, 3.63) is 85.4 Å². The van der Waals surface area contributed by atoms with Crippen molar-refractivity contribution in [1.29, 1.82) is 0 Å². The van der Waals surface area contributed by atoms with Crippen molar-refractivity contribution in [3.63, 3.8) is 0 Å². The van der Waals surface area contributed by atoms with Crippen LogP contribution >= 0.6 is 11.6 Å². The monoisotopic (exact) mass is 443 g/mol. The summed E-state index contributed by atoms with van der Waals surface area (Å²) in [6.07, 6.45) is 4.28. The number of aromatic nitrogens is 3. The Morgan fingerprint density at radius 2 is 2.03 bits per heavy atom. The Kier molecular flexibility index (Phi) is 5.47. The van der Waals surface area contributed by atoms with Crippen molar-refractivity contribution in [2.45, 2.75) is 25.4 Å². The molecule has 3 heterocycles. The number of hydrogen-bond acceptors (Lipinski definition) is 6. The third-order valence-corrected chi connectivity index (χ3v) is 5.30. The third kappa shape index (κ3) is 4.02. The summed E-state index contributed by atoms with van der Waals surface area (Å²) in [7, 11) is 0. The Balaban J connectivity index is 1.70. The highest BCUT2D eigenvalue weighted by Crippen LogP contribution is 2.28. The Bertz CT molecular complexity index is 1250. The predicted octanol–water partition coefficient (Wildman–Crippen LogP) is 3.27. The molecule has 2 aromatic heterocycles. The summed E-state index contributed by atoms with van der Waals surface area (Å²) in [6, 6.07) is 5.75. The standard InChI is InChI=1S/C20H15ClFN5O4/c21-13-9-14(22)17(27(30)31)8-12(13)20(29)25-15-2-1-7-26-18(28)10-16(24-19(15)26)11-3-5-23-6-4-11/h3-6,8-10,15H,1-2,7H2,(H,25,29). The van der Waals surface area contributed by atoms with E-state index in [1.165, 1.54) is 10.6 Å². The van der Waals surface area contributed by atoms with Gasteiger partial charge < -0.3 is 5.32 Å². The fourth-order valence-corrected chi connectivity index (χ4v) is 3.73. The molecule has 1 N–H and O–H groups in total. The zero-order valence-electron chi connectivity index (χ0n) is 15.9. The van der Waals surface area contributed by atoms with Crippen molar-refractivity contribution in [2.24, 2.45) is 0 Å². The van der Waals surface area contributed by atoms with E-state index in [2.05, 4.69) is 15.3 Å². The molecule has 3 aromatic rings. The van der Waals surface area contributed by atoms with Crippen molar-refractivity contribution >= 4 is 23.2 Å². The quantitative estimate of drug-likeness (QED) is 0.488. The summed E-state index contributed by atoms with van der Waals surface area (Å²) >= 11 is 5.95. The van der Waals surface area contributed by atoms with Crippen LogP contribution in [0.5, 0.6) is 0 Å². The van der Waals surface area contributed by atoms with E-state index in [4.69, 9.17) is 11.6 Å². The first kappa shape index (κ1) is 20.6. The minimum absolute atomic E-state index is 0.237. The minimum Gasteiger partial charge on any atom is -0.342 e. The van der Waals surface area contributed by atoms with Gasteiger partial charge in [-0.3, -0.25) is 29.3 Å². The largest absolute Gasteiger partial charge is 0.342 e. The number of nitro groups is 1. The number of nitro benzene ring substituents is 1. The van der Waals surface area contributed by atoms with Gasteiger partial charge in [0.05, 0.1) is 27.2 Å². The lowest BCUT2D eigenvalue weighted by molar-refractivity contribution is -0.387. The van der Waals surface area contributed by atoms with Gasteiger partial charge in [-0.15, -0.1) is 0 Å². The van der Waals surface area contributed by atoms with Crippen LogP contribution in [0, 0.1) is 15.9 Å². The SMILES string of the molecule is O=C(NC1CCCn2c1nc(-c1ccncc1)cc2=O)c1cc([N+](=O)[O-])c(F)cc1Cl. The van der Waals surface area contributed by atoms with E-state index in [0.717, 1.165) is 12.1 Å². The Morgan fingerprint density at radius 1 is 1.29 bits per heavy atom. The van der Waals surface area contributed by atoms with Crippen LogP contribution in [0.1, 0.15) is 35.1 Å². The average molecular weight is 444 g/mol. The summed E-state index contributed by atoms with van der Waals surface area (Å²) in [5.41, 5.74) is -0.211. The molecule has 0 radical (unpaired) electrons. The maximum absolute atomic E-state index is 13.7. The molecule has 0 bridgehead atoms. The van der Waals surface area contributed by atoms with Crippen LogP contribution in [-0.2, 0) is 6.54 Å². The molecule has 0 aliphatic carbocycles. The van der Waals surface area contributed by atoms with Gasteiger partial charge in [0.25, 0.3) is 11.5 Å². The minimum atomic E-state index is -1.13. The molecule has 158 valence electrons. The van der Waals surface area contributed by atoms with Crippen LogP contribution in [0.25, 0.3) is 11.3 Å². The van der Waals surface area contributed by atoms with E-state index < -0.39 is 28.4 Å². The van der Waals surface area contributed by atoms with E-state index >= 15 is 0 Å². The van der Waals surface area contributed by atoms with Crippen LogP contribution in [0.4, 0.5) is 10.1 Å². The van der Waals surface area contributed by atoms with Gasteiger partial charge in [0, 0.05) is 42.7 Å². The van der Waals surface area contributed by atoms with Crippen LogP contribution in [-0.4, -0.2) is 25.4 Å². The number of carbonyl (C=O) groups excluding carboxylic acids is 1. The second-order valence-corrected chi connectivity index (χ2v) is 7.34. The Morgan fingerprint density at radius 3 is 2.74 bits per heavy atom. The van der Waals surface area contributed by atoms with Gasteiger partial charge in [0.1, 0.15) is 5.82 Å². The lowest BCUT2D eigenvalue weighted by Crippen LogP contribution is -2.38. The normalized spacial score (nSPS) is 15.2. The van der Waals surface area contributed by atoms with Gasteiger partial charge in [-0.05, 0) is 25.0 Å². The fourth-order valence-electron chi connectivity index (χ4n) is 3.49. The number of hydrogen-bond donors (Lipinski definition) is 1. The van der Waals surface area contributed by atoms with E-state index in [1.807, 2.05) is 0 Å². The molecule has 9 nitrogen and oxygen atoms in total. The van der Waals surface area contributed by atoms with Crippen LogP contribution in [0.3, 0.4) is 0 Å². The number of pyridine rings is 1. The zero-order chi connectivity index (χ0) is 22.1. The number of halogens is 2. The molecule has 1 atom stereocenters. The van der Waals surface area contributed by atoms with Crippen LogP contribution in [0.2, 0.25) is 5.02 Å². The molecule has 0 fully saturated rings. The van der Waals surface area contributed by atoms with Gasteiger partial charge in [0.15, 0.2) is 0 Å². The second kappa shape index (κ2) is 8.23. The van der Waals surface area contributed by atoms with Crippen molar-refractivity contribution < 1.29 is 14.1 Å². The highest BCUT2D eigenvalue weighted by molar-refractivity contribution is 6.34. The highest BCUT2D eigenvalue weighted by atomic mass is 35.5. The number of rotatable bonds is 4. The highest BCUT2D eigenvalue weighted by Gasteiger charge is 2.28. The summed E-state index contributed by atoms with van der Waals surface area (Å²) in [5, 5.41) is 13.5. The van der Waals surface area contributed by atoms with Gasteiger partial charge >= 0.3 is 5.69 Å². The summed E-state index contributed by atoms with van der Waals surface area (Å²) < 4.78 is 15.2. The first-order valence-electron chi connectivity index (χ1n) is 9.31. The maximum Gasteiger partial charge on any atom is 0.305 e. The van der Waals surface area contributed by atoms with E-state index in [1.54, 1.807) is 24.5 Å². The molecule has 1 aliphatic heterocycles. The Labute approximate surface area is 179 Å². The molecular weight excluding hydrogens is 429 g/mol. The maximum atomic E-state index is 13.7. The number of nitrogens with one attached hydrogen (secondary N) is 1. The molecule has 1 amide bonds. The molecule has 0 spiro atoms. The van der Waals surface area contributed by atoms with Crippen molar-refractivity contribution in [2.75, 3.05) is 0 Å². The zero-order valence-corrected chi connectivity index (χ0v) is 16.7. The summed E-state index contributed by atoms with van der Waals surface area (Å²) in [5.74, 6) is -1.49. The van der Waals surface area contributed by atoms with Gasteiger partial charge in [-0.2, -0.15) is 4.39 Å².